The Hall–Kier alpha value is -3.74. The number of pyridine rings is 2. The van der Waals surface area contributed by atoms with Crippen molar-refractivity contribution in [2.45, 2.75) is 0 Å². The Labute approximate surface area is 163 Å². The molecule has 0 saturated carbocycles. The first-order valence-electron chi connectivity index (χ1n) is 8.52. The second-order valence-corrected chi connectivity index (χ2v) is 6.07. The second kappa shape index (κ2) is 7.71. The molecule has 7 heteroatoms. The van der Waals surface area contributed by atoms with Crippen LogP contribution in [0.1, 0.15) is 0 Å². The summed E-state index contributed by atoms with van der Waals surface area (Å²) in [6.45, 7) is 0. The van der Waals surface area contributed by atoms with Crippen molar-refractivity contribution in [1.29, 1.82) is 0 Å². The molecule has 3 nitrogen and oxygen atoms in total. The lowest BCUT2D eigenvalue weighted by molar-refractivity contribution is 0.445. The summed E-state index contributed by atoms with van der Waals surface area (Å²) in [5.41, 5.74) is 0.736. The number of hydrogen-bond acceptors (Lipinski definition) is 3. The standard InChI is InChI=1S/C22H12F4N2O/c23-13-7-9-15(17(25)11-13)19-3-1-5-21(27-19)29-22-6-2-4-20(28-22)16-10-8-14(24)12-18(16)26/h1-12H. The fraction of sp³-hybridized carbons (Fsp3) is 0. The van der Waals surface area contributed by atoms with Gasteiger partial charge in [0.05, 0.1) is 11.4 Å². The molecule has 0 bridgehead atoms. The Balaban J connectivity index is 1.63. The molecule has 0 atom stereocenters. The minimum absolute atomic E-state index is 0.118. The van der Waals surface area contributed by atoms with E-state index >= 15 is 0 Å². The first-order valence-corrected chi connectivity index (χ1v) is 8.52. The third kappa shape index (κ3) is 4.08. The number of nitrogens with zero attached hydrogens (tertiary/aromatic N) is 2. The monoisotopic (exact) mass is 396 g/mol. The number of aromatic nitrogens is 2. The molecule has 0 fully saturated rings. The lowest BCUT2D eigenvalue weighted by Crippen LogP contribution is -1.95. The van der Waals surface area contributed by atoms with Crippen molar-refractivity contribution < 1.29 is 22.3 Å². The maximum Gasteiger partial charge on any atom is 0.221 e. The second-order valence-electron chi connectivity index (χ2n) is 6.07. The third-order valence-electron chi connectivity index (χ3n) is 4.07. The number of hydrogen-bond donors (Lipinski definition) is 0. The van der Waals surface area contributed by atoms with Gasteiger partial charge in [-0.05, 0) is 36.4 Å². The molecule has 0 unspecified atom stereocenters. The number of rotatable bonds is 4. The zero-order chi connectivity index (χ0) is 20.4. The summed E-state index contributed by atoms with van der Waals surface area (Å²) >= 11 is 0. The van der Waals surface area contributed by atoms with Gasteiger partial charge < -0.3 is 4.74 Å². The van der Waals surface area contributed by atoms with Crippen molar-refractivity contribution in [1.82, 2.24) is 9.97 Å². The molecule has 2 aromatic heterocycles. The summed E-state index contributed by atoms with van der Waals surface area (Å²) in [5.74, 6) is -2.63. The van der Waals surface area contributed by atoms with Gasteiger partial charge in [-0.3, -0.25) is 0 Å². The molecular weight excluding hydrogens is 384 g/mol. The van der Waals surface area contributed by atoms with E-state index in [4.69, 9.17) is 4.74 Å². The van der Waals surface area contributed by atoms with E-state index in [1.54, 1.807) is 24.3 Å². The third-order valence-corrected chi connectivity index (χ3v) is 4.07. The van der Waals surface area contributed by atoms with Crippen molar-refractivity contribution in [2.24, 2.45) is 0 Å². The maximum atomic E-state index is 14.0. The minimum Gasteiger partial charge on any atom is -0.421 e. The highest BCUT2D eigenvalue weighted by molar-refractivity contribution is 5.61. The lowest BCUT2D eigenvalue weighted by atomic mass is 10.1. The molecule has 0 amide bonds. The van der Waals surface area contributed by atoms with E-state index in [9.17, 15) is 17.6 Å². The summed E-state index contributed by atoms with van der Waals surface area (Å²) in [7, 11) is 0. The van der Waals surface area contributed by atoms with Gasteiger partial charge in [-0.25, -0.2) is 27.5 Å². The Morgan fingerprint density at radius 2 is 1.00 bits per heavy atom. The largest absolute Gasteiger partial charge is 0.421 e. The molecule has 0 saturated heterocycles. The fourth-order valence-electron chi connectivity index (χ4n) is 2.74. The lowest BCUT2D eigenvalue weighted by Gasteiger charge is -2.09. The molecule has 0 aliphatic heterocycles. The Kier molecular flexibility index (Phi) is 4.95. The van der Waals surface area contributed by atoms with Gasteiger partial charge in [0.1, 0.15) is 23.3 Å². The molecule has 2 aromatic carbocycles. The fourth-order valence-corrected chi connectivity index (χ4v) is 2.74. The molecule has 0 radical (unpaired) electrons. The van der Waals surface area contributed by atoms with E-state index < -0.39 is 23.3 Å². The molecular formula is C22H12F4N2O. The van der Waals surface area contributed by atoms with Gasteiger partial charge in [0.25, 0.3) is 0 Å². The highest BCUT2D eigenvalue weighted by atomic mass is 19.1. The van der Waals surface area contributed by atoms with Crippen LogP contribution in [0.4, 0.5) is 17.6 Å². The number of halogens is 4. The first-order chi connectivity index (χ1) is 14.0. The molecule has 0 aliphatic carbocycles. The van der Waals surface area contributed by atoms with Gasteiger partial charge in [-0.15, -0.1) is 0 Å². The molecule has 2 heterocycles. The van der Waals surface area contributed by atoms with Crippen LogP contribution < -0.4 is 4.74 Å². The van der Waals surface area contributed by atoms with Crippen LogP contribution in [-0.2, 0) is 0 Å². The Morgan fingerprint density at radius 1 is 0.552 bits per heavy atom. The van der Waals surface area contributed by atoms with E-state index in [2.05, 4.69) is 9.97 Å². The summed E-state index contributed by atoms with van der Waals surface area (Å²) in [6, 6.07) is 15.8. The smallest absolute Gasteiger partial charge is 0.221 e. The average Bonchev–Trinajstić information content (AvgIpc) is 2.68. The highest BCUT2D eigenvalue weighted by Crippen LogP contribution is 2.27. The molecule has 144 valence electrons. The Bertz CT molecular complexity index is 1100. The van der Waals surface area contributed by atoms with Gasteiger partial charge in [0, 0.05) is 35.4 Å². The van der Waals surface area contributed by atoms with E-state index in [1.165, 1.54) is 24.3 Å². The van der Waals surface area contributed by atoms with Crippen LogP contribution in [0.15, 0.2) is 72.8 Å². The summed E-state index contributed by atoms with van der Waals surface area (Å²) in [6.07, 6.45) is 0. The van der Waals surface area contributed by atoms with E-state index in [0.717, 1.165) is 24.3 Å². The molecule has 4 rings (SSSR count). The summed E-state index contributed by atoms with van der Waals surface area (Å²) < 4.78 is 59.9. The van der Waals surface area contributed by atoms with Crippen LogP contribution in [0.5, 0.6) is 11.8 Å². The zero-order valence-corrected chi connectivity index (χ0v) is 14.7. The average molecular weight is 396 g/mol. The van der Waals surface area contributed by atoms with Crippen molar-refractivity contribution in [2.75, 3.05) is 0 Å². The molecule has 0 spiro atoms. The van der Waals surface area contributed by atoms with Crippen LogP contribution in [0.3, 0.4) is 0 Å². The van der Waals surface area contributed by atoms with Gasteiger partial charge >= 0.3 is 0 Å². The quantitative estimate of drug-likeness (QED) is 0.388. The number of benzene rings is 2. The molecule has 0 aliphatic rings. The summed E-state index contributed by atoms with van der Waals surface area (Å²) in [5, 5.41) is 0. The molecule has 29 heavy (non-hydrogen) atoms. The van der Waals surface area contributed by atoms with Gasteiger partial charge in [-0.2, -0.15) is 0 Å². The van der Waals surface area contributed by atoms with Crippen LogP contribution in [0.2, 0.25) is 0 Å². The van der Waals surface area contributed by atoms with Crippen LogP contribution >= 0.6 is 0 Å². The van der Waals surface area contributed by atoms with E-state index in [-0.39, 0.29) is 34.3 Å². The van der Waals surface area contributed by atoms with Crippen LogP contribution in [0, 0.1) is 23.3 Å². The van der Waals surface area contributed by atoms with Crippen LogP contribution in [-0.4, -0.2) is 9.97 Å². The number of ether oxygens (including phenoxy) is 1. The maximum absolute atomic E-state index is 14.0. The highest BCUT2D eigenvalue weighted by Gasteiger charge is 2.11. The van der Waals surface area contributed by atoms with E-state index in [0.29, 0.717) is 0 Å². The van der Waals surface area contributed by atoms with Gasteiger partial charge in [-0.1, -0.05) is 12.1 Å². The van der Waals surface area contributed by atoms with Crippen LogP contribution in [0.25, 0.3) is 22.5 Å². The van der Waals surface area contributed by atoms with Crippen molar-refractivity contribution in [3.63, 3.8) is 0 Å². The summed E-state index contributed by atoms with van der Waals surface area (Å²) in [4.78, 5) is 8.42. The zero-order valence-electron chi connectivity index (χ0n) is 14.7. The van der Waals surface area contributed by atoms with Crippen molar-refractivity contribution in [3.05, 3.63) is 96.1 Å². The van der Waals surface area contributed by atoms with Gasteiger partial charge in [0.15, 0.2) is 0 Å². The van der Waals surface area contributed by atoms with E-state index in [1.807, 2.05) is 0 Å². The first kappa shape index (κ1) is 18.6. The SMILES string of the molecule is Fc1ccc(-c2cccc(Oc3cccc(-c4ccc(F)cc4F)n3)n2)c(F)c1. The molecule has 0 N–H and O–H groups in total. The van der Waals surface area contributed by atoms with Gasteiger partial charge in [0.2, 0.25) is 11.8 Å². The molecule has 4 aromatic rings. The predicted octanol–water partition coefficient (Wildman–Crippen LogP) is 6.16. The minimum atomic E-state index is -0.749. The Morgan fingerprint density at radius 3 is 1.41 bits per heavy atom. The van der Waals surface area contributed by atoms with Crippen molar-refractivity contribution in [3.8, 4) is 34.3 Å². The predicted molar refractivity (Wildman–Crippen MR) is 99.3 cm³/mol. The topological polar surface area (TPSA) is 35.0 Å². The van der Waals surface area contributed by atoms with Crippen molar-refractivity contribution >= 4 is 0 Å². The normalized spacial score (nSPS) is 10.8.